The molecule has 2 aliphatic rings. The minimum Gasteiger partial charge on any atom is -0.468 e. The van der Waals surface area contributed by atoms with Gasteiger partial charge in [-0.1, -0.05) is 0 Å². The van der Waals surface area contributed by atoms with Gasteiger partial charge in [0.25, 0.3) is 0 Å². The Hall–Kier alpha value is -2.14. The van der Waals surface area contributed by atoms with Gasteiger partial charge in [0.1, 0.15) is 5.76 Å². The molecule has 4 rings (SSSR count). The zero-order valence-corrected chi connectivity index (χ0v) is 13.1. The Kier molecular flexibility index (Phi) is 3.65. The van der Waals surface area contributed by atoms with Crippen molar-refractivity contribution >= 4 is 5.91 Å². The van der Waals surface area contributed by atoms with Gasteiger partial charge in [0.05, 0.1) is 12.8 Å². The zero-order chi connectivity index (χ0) is 15.7. The van der Waals surface area contributed by atoms with Crippen LogP contribution in [-0.4, -0.2) is 34.4 Å². The molecular weight excluding hydrogens is 290 g/mol. The quantitative estimate of drug-likeness (QED) is 0.945. The maximum absolute atomic E-state index is 12.1. The molecule has 5 heteroatoms. The van der Waals surface area contributed by atoms with Crippen LogP contribution in [0.1, 0.15) is 36.5 Å². The Labute approximate surface area is 135 Å². The normalized spacial score (nSPS) is 24.0. The van der Waals surface area contributed by atoms with Crippen LogP contribution in [0, 0.1) is 0 Å². The molecule has 0 saturated carbocycles. The van der Waals surface area contributed by atoms with Crippen molar-refractivity contribution in [2.45, 2.75) is 37.3 Å². The van der Waals surface area contributed by atoms with Gasteiger partial charge in [-0.05, 0) is 42.7 Å². The molecule has 2 aromatic rings. The van der Waals surface area contributed by atoms with E-state index in [4.69, 9.17) is 4.42 Å². The standard InChI is InChI=1S/C18H21N3O2/c22-17-12-16(14-3-7-19-8-4-14)18(20-17)5-9-21(10-6-18)13-15-2-1-11-23-15/h1-4,7-8,11,16H,5-6,9-10,12-13H2,(H,20,22)/t16-/m1/s1. The zero-order valence-electron chi connectivity index (χ0n) is 13.1. The summed E-state index contributed by atoms with van der Waals surface area (Å²) < 4.78 is 5.44. The molecule has 0 unspecified atom stereocenters. The van der Waals surface area contributed by atoms with Gasteiger partial charge in [-0.2, -0.15) is 0 Å². The Balaban J connectivity index is 1.49. The van der Waals surface area contributed by atoms with E-state index in [9.17, 15) is 4.79 Å². The number of nitrogens with zero attached hydrogens (tertiary/aromatic N) is 2. The van der Waals surface area contributed by atoms with Crippen LogP contribution >= 0.6 is 0 Å². The first-order chi connectivity index (χ1) is 11.3. The van der Waals surface area contributed by atoms with Gasteiger partial charge in [-0.3, -0.25) is 14.7 Å². The van der Waals surface area contributed by atoms with Crippen LogP contribution in [0.4, 0.5) is 0 Å². The SMILES string of the molecule is O=C1C[C@H](c2ccncc2)C2(CCN(Cc3ccco3)CC2)N1. The Morgan fingerprint density at radius 3 is 2.74 bits per heavy atom. The van der Waals surface area contributed by atoms with Crippen molar-refractivity contribution in [3.05, 3.63) is 54.2 Å². The lowest BCUT2D eigenvalue weighted by atomic mass is 9.74. The van der Waals surface area contributed by atoms with E-state index >= 15 is 0 Å². The summed E-state index contributed by atoms with van der Waals surface area (Å²) in [7, 11) is 0. The number of hydrogen-bond donors (Lipinski definition) is 1. The van der Waals surface area contributed by atoms with Gasteiger partial charge >= 0.3 is 0 Å². The first-order valence-electron chi connectivity index (χ1n) is 8.21. The number of hydrogen-bond acceptors (Lipinski definition) is 4. The molecule has 1 N–H and O–H groups in total. The smallest absolute Gasteiger partial charge is 0.221 e. The van der Waals surface area contributed by atoms with Gasteiger partial charge in [-0.15, -0.1) is 0 Å². The number of pyridine rings is 1. The Morgan fingerprint density at radius 2 is 2.04 bits per heavy atom. The van der Waals surface area contributed by atoms with Gasteiger partial charge in [0, 0.05) is 43.4 Å². The third-order valence-corrected chi connectivity index (χ3v) is 5.26. The minimum atomic E-state index is -0.0991. The van der Waals surface area contributed by atoms with Crippen molar-refractivity contribution in [3.63, 3.8) is 0 Å². The second-order valence-electron chi connectivity index (χ2n) is 6.60. The third kappa shape index (κ3) is 2.77. The lowest BCUT2D eigenvalue weighted by molar-refractivity contribution is -0.120. The number of rotatable bonds is 3. The van der Waals surface area contributed by atoms with E-state index in [1.165, 1.54) is 5.56 Å². The van der Waals surface area contributed by atoms with Gasteiger partial charge < -0.3 is 9.73 Å². The number of furan rings is 1. The lowest BCUT2D eigenvalue weighted by Crippen LogP contribution is -2.53. The molecule has 1 spiro atoms. The molecule has 2 aliphatic heterocycles. The van der Waals surface area contributed by atoms with E-state index in [2.05, 4.69) is 15.2 Å². The number of carbonyl (C=O) groups is 1. The fourth-order valence-corrected chi connectivity index (χ4v) is 4.04. The van der Waals surface area contributed by atoms with Crippen LogP contribution in [0.15, 0.2) is 47.3 Å². The molecule has 2 saturated heterocycles. The fourth-order valence-electron chi connectivity index (χ4n) is 4.04. The van der Waals surface area contributed by atoms with E-state index in [-0.39, 0.29) is 17.4 Å². The number of aromatic nitrogens is 1. The molecule has 1 atom stereocenters. The average molecular weight is 311 g/mol. The molecule has 23 heavy (non-hydrogen) atoms. The highest BCUT2D eigenvalue weighted by Crippen LogP contribution is 2.43. The summed E-state index contributed by atoms with van der Waals surface area (Å²) in [6.07, 6.45) is 7.90. The lowest BCUT2D eigenvalue weighted by Gasteiger charge is -2.42. The van der Waals surface area contributed by atoms with Crippen LogP contribution in [0.2, 0.25) is 0 Å². The van der Waals surface area contributed by atoms with Crippen molar-refractivity contribution < 1.29 is 9.21 Å². The molecule has 2 aromatic heterocycles. The largest absolute Gasteiger partial charge is 0.468 e. The summed E-state index contributed by atoms with van der Waals surface area (Å²) in [6, 6.07) is 8.03. The summed E-state index contributed by atoms with van der Waals surface area (Å²) >= 11 is 0. The monoisotopic (exact) mass is 311 g/mol. The van der Waals surface area contributed by atoms with E-state index in [0.29, 0.717) is 6.42 Å². The third-order valence-electron chi connectivity index (χ3n) is 5.26. The van der Waals surface area contributed by atoms with Crippen molar-refractivity contribution in [1.82, 2.24) is 15.2 Å². The maximum atomic E-state index is 12.1. The van der Waals surface area contributed by atoms with Crippen molar-refractivity contribution in [2.24, 2.45) is 0 Å². The predicted octanol–water partition coefficient (Wildman–Crippen LogP) is 2.31. The van der Waals surface area contributed by atoms with Gasteiger partial charge in [0.15, 0.2) is 0 Å². The molecule has 0 aliphatic carbocycles. The second kappa shape index (κ2) is 5.81. The van der Waals surface area contributed by atoms with E-state index in [1.54, 1.807) is 6.26 Å². The molecule has 0 bridgehead atoms. The van der Waals surface area contributed by atoms with E-state index < -0.39 is 0 Å². The van der Waals surface area contributed by atoms with Crippen LogP contribution < -0.4 is 5.32 Å². The number of amides is 1. The Morgan fingerprint density at radius 1 is 1.26 bits per heavy atom. The number of likely N-dealkylation sites (tertiary alicyclic amines) is 1. The van der Waals surface area contributed by atoms with Crippen molar-refractivity contribution in [2.75, 3.05) is 13.1 Å². The van der Waals surface area contributed by atoms with Crippen molar-refractivity contribution in [3.8, 4) is 0 Å². The minimum absolute atomic E-state index is 0.0991. The summed E-state index contributed by atoms with van der Waals surface area (Å²) in [5.41, 5.74) is 1.12. The van der Waals surface area contributed by atoms with E-state index in [0.717, 1.165) is 38.2 Å². The number of carbonyl (C=O) groups excluding carboxylic acids is 1. The summed E-state index contributed by atoms with van der Waals surface area (Å²) in [5, 5.41) is 3.29. The average Bonchev–Trinajstić information content (AvgIpc) is 3.19. The van der Waals surface area contributed by atoms with Crippen LogP contribution in [0.3, 0.4) is 0 Å². The summed E-state index contributed by atoms with van der Waals surface area (Å²) in [5.74, 6) is 1.43. The molecule has 2 fully saturated rings. The summed E-state index contributed by atoms with van der Waals surface area (Å²) in [6.45, 7) is 2.79. The molecule has 120 valence electrons. The highest BCUT2D eigenvalue weighted by molar-refractivity contribution is 5.81. The van der Waals surface area contributed by atoms with Crippen LogP contribution in [-0.2, 0) is 11.3 Å². The number of piperidine rings is 1. The fraction of sp³-hybridized carbons (Fsp3) is 0.444. The number of nitrogens with one attached hydrogen (secondary N) is 1. The topological polar surface area (TPSA) is 58.4 Å². The first kappa shape index (κ1) is 14.5. The molecule has 4 heterocycles. The highest BCUT2D eigenvalue weighted by atomic mass is 16.3. The summed E-state index contributed by atoms with van der Waals surface area (Å²) in [4.78, 5) is 18.6. The molecule has 1 amide bonds. The van der Waals surface area contributed by atoms with Crippen molar-refractivity contribution in [1.29, 1.82) is 0 Å². The van der Waals surface area contributed by atoms with Gasteiger partial charge in [0.2, 0.25) is 5.91 Å². The Bertz CT molecular complexity index is 661. The molecule has 0 radical (unpaired) electrons. The highest BCUT2D eigenvalue weighted by Gasteiger charge is 2.48. The molecular formula is C18H21N3O2. The van der Waals surface area contributed by atoms with Crippen LogP contribution in [0.5, 0.6) is 0 Å². The maximum Gasteiger partial charge on any atom is 0.221 e. The van der Waals surface area contributed by atoms with Crippen LogP contribution in [0.25, 0.3) is 0 Å². The first-order valence-corrected chi connectivity index (χ1v) is 8.21. The molecule has 5 nitrogen and oxygen atoms in total. The molecule has 0 aromatic carbocycles. The van der Waals surface area contributed by atoms with Gasteiger partial charge in [-0.25, -0.2) is 0 Å². The second-order valence-corrected chi connectivity index (χ2v) is 6.60. The predicted molar refractivity (Wildman–Crippen MR) is 85.7 cm³/mol. The van der Waals surface area contributed by atoms with E-state index in [1.807, 2.05) is 36.7 Å².